The lowest BCUT2D eigenvalue weighted by Gasteiger charge is -2.11. The standard InChI is InChI=1S/C13H21N3O3S/c1-7(2)6-11(17)15-16-12(18)10(5)20-13-14-8(3)9(4)19-13/h7,10H,6H2,1-5H3,(H,15,17)(H,16,18). The highest BCUT2D eigenvalue weighted by Crippen LogP contribution is 2.24. The van der Waals surface area contributed by atoms with Gasteiger partial charge < -0.3 is 4.42 Å². The van der Waals surface area contributed by atoms with Crippen molar-refractivity contribution in [2.24, 2.45) is 5.92 Å². The van der Waals surface area contributed by atoms with Gasteiger partial charge >= 0.3 is 0 Å². The lowest BCUT2D eigenvalue weighted by Crippen LogP contribution is -2.45. The lowest BCUT2D eigenvalue weighted by atomic mass is 10.1. The molecule has 1 unspecified atom stereocenters. The summed E-state index contributed by atoms with van der Waals surface area (Å²) >= 11 is 1.21. The zero-order chi connectivity index (χ0) is 15.3. The molecule has 0 aliphatic heterocycles. The van der Waals surface area contributed by atoms with Gasteiger partial charge in [0, 0.05) is 6.42 Å². The Kier molecular flexibility index (Phi) is 6.06. The van der Waals surface area contributed by atoms with Gasteiger partial charge in [-0.05, 0) is 26.7 Å². The summed E-state index contributed by atoms with van der Waals surface area (Å²) in [6, 6.07) is 0. The van der Waals surface area contributed by atoms with E-state index in [9.17, 15) is 9.59 Å². The summed E-state index contributed by atoms with van der Waals surface area (Å²) in [4.78, 5) is 27.4. The van der Waals surface area contributed by atoms with Crippen LogP contribution < -0.4 is 10.9 Å². The highest BCUT2D eigenvalue weighted by Gasteiger charge is 2.18. The minimum Gasteiger partial charge on any atom is -0.437 e. The SMILES string of the molecule is Cc1nc(SC(C)C(=O)NNC(=O)CC(C)C)oc1C. The van der Waals surface area contributed by atoms with Gasteiger partial charge in [-0.1, -0.05) is 25.6 Å². The minimum atomic E-state index is -0.410. The lowest BCUT2D eigenvalue weighted by molar-refractivity contribution is -0.128. The molecule has 0 fully saturated rings. The first-order valence-electron chi connectivity index (χ1n) is 6.49. The molecule has 2 N–H and O–H groups in total. The van der Waals surface area contributed by atoms with Gasteiger partial charge in [0.05, 0.1) is 10.9 Å². The Balaban J connectivity index is 2.41. The molecule has 0 aromatic carbocycles. The number of rotatable bonds is 5. The Morgan fingerprint density at radius 3 is 2.40 bits per heavy atom. The van der Waals surface area contributed by atoms with Crippen LogP contribution >= 0.6 is 11.8 Å². The minimum absolute atomic E-state index is 0.201. The van der Waals surface area contributed by atoms with Crippen molar-refractivity contribution in [2.45, 2.75) is 51.5 Å². The van der Waals surface area contributed by atoms with E-state index in [1.54, 1.807) is 6.92 Å². The summed E-state index contributed by atoms with van der Waals surface area (Å²) in [7, 11) is 0. The molecule has 1 aromatic rings. The number of amides is 2. The molecule has 1 heterocycles. The number of nitrogens with zero attached hydrogens (tertiary/aromatic N) is 1. The largest absolute Gasteiger partial charge is 0.437 e. The predicted molar refractivity (Wildman–Crippen MR) is 77.0 cm³/mol. The van der Waals surface area contributed by atoms with E-state index < -0.39 is 5.25 Å². The van der Waals surface area contributed by atoms with E-state index in [0.29, 0.717) is 11.6 Å². The quantitative estimate of drug-likeness (QED) is 0.641. The van der Waals surface area contributed by atoms with E-state index >= 15 is 0 Å². The summed E-state index contributed by atoms with van der Waals surface area (Å²) in [5, 5.41) is 0.0444. The van der Waals surface area contributed by atoms with Crippen LogP contribution in [0, 0.1) is 19.8 Å². The molecule has 0 aliphatic carbocycles. The Morgan fingerprint density at radius 1 is 1.25 bits per heavy atom. The summed E-state index contributed by atoms with van der Waals surface area (Å²) in [6.07, 6.45) is 0.375. The monoisotopic (exact) mass is 299 g/mol. The van der Waals surface area contributed by atoms with Gasteiger partial charge in [-0.2, -0.15) is 0 Å². The first kappa shape index (κ1) is 16.6. The molecule has 0 radical (unpaired) electrons. The normalized spacial score (nSPS) is 12.3. The number of hydrazine groups is 1. The number of thioether (sulfide) groups is 1. The highest BCUT2D eigenvalue weighted by molar-refractivity contribution is 8.00. The smallest absolute Gasteiger partial charge is 0.256 e. The van der Waals surface area contributed by atoms with E-state index in [4.69, 9.17) is 4.42 Å². The van der Waals surface area contributed by atoms with E-state index in [1.165, 1.54) is 11.8 Å². The van der Waals surface area contributed by atoms with E-state index in [1.807, 2.05) is 27.7 Å². The summed E-state index contributed by atoms with van der Waals surface area (Å²) in [6.45, 7) is 9.27. The Labute approximate surface area is 123 Å². The first-order chi connectivity index (χ1) is 9.29. The highest BCUT2D eigenvalue weighted by atomic mass is 32.2. The van der Waals surface area contributed by atoms with Crippen LogP contribution in [0.1, 0.15) is 38.6 Å². The van der Waals surface area contributed by atoms with Crippen molar-refractivity contribution in [1.29, 1.82) is 0 Å². The van der Waals surface area contributed by atoms with Crippen molar-refractivity contribution in [3.8, 4) is 0 Å². The topological polar surface area (TPSA) is 84.2 Å². The van der Waals surface area contributed by atoms with Crippen LogP contribution in [0.4, 0.5) is 0 Å². The zero-order valence-corrected chi connectivity index (χ0v) is 13.3. The summed E-state index contributed by atoms with van der Waals surface area (Å²) in [5.41, 5.74) is 5.61. The Morgan fingerprint density at radius 2 is 1.90 bits per heavy atom. The Bertz CT molecular complexity index is 466. The molecule has 0 saturated heterocycles. The molecule has 2 amide bonds. The van der Waals surface area contributed by atoms with Gasteiger partial charge in [0.15, 0.2) is 0 Å². The molecule has 0 spiro atoms. The number of nitrogens with one attached hydrogen (secondary N) is 2. The fourth-order valence-electron chi connectivity index (χ4n) is 1.35. The number of oxazole rings is 1. The fourth-order valence-corrected chi connectivity index (χ4v) is 2.18. The van der Waals surface area contributed by atoms with Gasteiger partial charge in [-0.25, -0.2) is 4.98 Å². The van der Waals surface area contributed by atoms with Crippen LogP contribution in [-0.4, -0.2) is 22.0 Å². The van der Waals surface area contributed by atoms with Crippen molar-refractivity contribution in [2.75, 3.05) is 0 Å². The maximum absolute atomic E-state index is 11.8. The van der Waals surface area contributed by atoms with Gasteiger partial charge in [-0.15, -0.1) is 0 Å². The van der Waals surface area contributed by atoms with Crippen molar-refractivity contribution >= 4 is 23.6 Å². The molecular formula is C13H21N3O3S. The third kappa shape index (κ3) is 5.24. The van der Waals surface area contributed by atoms with Gasteiger partial charge in [-0.3, -0.25) is 20.4 Å². The predicted octanol–water partition coefficient (Wildman–Crippen LogP) is 1.97. The van der Waals surface area contributed by atoms with Gasteiger partial charge in [0.2, 0.25) is 5.91 Å². The number of aromatic nitrogens is 1. The van der Waals surface area contributed by atoms with Crippen molar-refractivity contribution in [1.82, 2.24) is 15.8 Å². The van der Waals surface area contributed by atoms with E-state index in [0.717, 1.165) is 11.5 Å². The maximum atomic E-state index is 11.8. The second-order valence-electron chi connectivity index (χ2n) is 5.02. The van der Waals surface area contributed by atoms with Crippen LogP contribution in [-0.2, 0) is 9.59 Å². The van der Waals surface area contributed by atoms with Crippen LogP contribution in [0.5, 0.6) is 0 Å². The van der Waals surface area contributed by atoms with Crippen molar-refractivity contribution in [3.05, 3.63) is 11.5 Å². The molecular weight excluding hydrogens is 278 g/mol. The van der Waals surface area contributed by atoms with Crippen LogP contribution in [0.3, 0.4) is 0 Å². The molecule has 1 aromatic heterocycles. The third-order valence-corrected chi connectivity index (χ3v) is 3.52. The van der Waals surface area contributed by atoms with Crippen molar-refractivity contribution < 1.29 is 14.0 Å². The maximum Gasteiger partial charge on any atom is 0.256 e. The molecule has 0 bridgehead atoms. The average molecular weight is 299 g/mol. The molecule has 1 atom stereocenters. The molecule has 112 valence electrons. The first-order valence-corrected chi connectivity index (χ1v) is 7.37. The van der Waals surface area contributed by atoms with Crippen molar-refractivity contribution in [3.63, 3.8) is 0 Å². The Hall–Kier alpha value is -1.50. The van der Waals surface area contributed by atoms with Gasteiger partial charge in [0.25, 0.3) is 11.1 Å². The molecule has 0 aliphatic rings. The van der Waals surface area contributed by atoms with Crippen LogP contribution in [0.25, 0.3) is 0 Å². The molecule has 1 rings (SSSR count). The molecule has 7 heteroatoms. The van der Waals surface area contributed by atoms with Crippen LogP contribution in [0.15, 0.2) is 9.64 Å². The number of hydrogen-bond acceptors (Lipinski definition) is 5. The molecule has 20 heavy (non-hydrogen) atoms. The van der Waals surface area contributed by atoms with E-state index in [-0.39, 0.29) is 17.7 Å². The average Bonchev–Trinajstić information content (AvgIpc) is 2.64. The number of carbonyl (C=O) groups excluding carboxylic acids is 2. The van der Waals surface area contributed by atoms with Crippen LogP contribution in [0.2, 0.25) is 0 Å². The zero-order valence-electron chi connectivity index (χ0n) is 12.4. The summed E-state index contributed by atoms with van der Waals surface area (Å²) < 4.78 is 5.40. The second-order valence-corrected chi connectivity index (χ2v) is 6.31. The molecule has 6 nitrogen and oxygen atoms in total. The number of aryl methyl sites for hydroxylation is 2. The second kappa shape index (κ2) is 7.33. The van der Waals surface area contributed by atoms with E-state index in [2.05, 4.69) is 15.8 Å². The third-order valence-electron chi connectivity index (χ3n) is 2.57. The van der Waals surface area contributed by atoms with Gasteiger partial charge in [0.1, 0.15) is 5.76 Å². The number of hydrogen-bond donors (Lipinski definition) is 2. The summed E-state index contributed by atoms with van der Waals surface area (Å²) in [5.74, 6) is 0.497. The fraction of sp³-hybridized carbons (Fsp3) is 0.615. The molecule has 0 saturated carbocycles. The number of carbonyl (C=O) groups is 2.